The fourth-order valence-corrected chi connectivity index (χ4v) is 2.35. The summed E-state index contributed by atoms with van der Waals surface area (Å²) in [6.07, 6.45) is 2.54. The third-order valence-corrected chi connectivity index (χ3v) is 3.65. The lowest BCUT2D eigenvalue weighted by Crippen LogP contribution is -2.06. The summed E-state index contributed by atoms with van der Waals surface area (Å²) in [5.41, 5.74) is 3.40. The molecule has 0 saturated heterocycles. The Bertz CT molecular complexity index is 599. The summed E-state index contributed by atoms with van der Waals surface area (Å²) in [6.45, 7) is 5.87. The molecule has 0 unspecified atom stereocenters. The molecular formula is C15H16ClFN2. The van der Waals surface area contributed by atoms with E-state index in [0.29, 0.717) is 5.02 Å². The zero-order valence-electron chi connectivity index (χ0n) is 11.2. The molecule has 0 aliphatic rings. The SMILES string of the molecule is CC[C@H](c1cnc(C)c(C)n1)c1cc(F)ccc1Cl. The Balaban J connectivity index is 2.49. The molecule has 1 heterocycles. The van der Waals surface area contributed by atoms with E-state index in [-0.39, 0.29) is 11.7 Å². The molecule has 0 aliphatic heterocycles. The molecule has 19 heavy (non-hydrogen) atoms. The third-order valence-electron chi connectivity index (χ3n) is 3.31. The zero-order chi connectivity index (χ0) is 14.0. The van der Waals surface area contributed by atoms with Crippen LogP contribution in [0.3, 0.4) is 0 Å². The number of halogens is 2. The van der Waals surface area contributed by atoms with E-state index >= 15 is 0 Å². The summed E-state index contributed by atoms with van der Waals surface area (Å²) >= 11 is 6.18. The molecule has 100 valence electrons. The molecular weight excluding hydrogens is 263 g/mol. The summed E-state index contributed by atoms with van der Waals surface area (Å²) in [4.78, 5) is 8.87. The number of nitrogens with zero attached hydrogens (tertiary/aromatic N) is 2. The van der Waals surface area contributed by atoms with E-state index in [1.54, 1.807) is 12.3 Å². The fraction of sp³-hybridized carbons (Fsp3) is 0.333. The highest BCUT2D eigenvalue weighted by atomic mass is 35.5. The lowest BCUT2D eigenvalue weighted by atomic mass is 9.93. The van der Waals surface area contributed by atoms with E-state index in [9.17, 15) is 4.39 Å². The van der Waals surface area contributed by atoms with E-state index in [4.69, 9.17) is 11.6 Å². The smallest absolute Gasteiger partial charge is 0.123 e. The van der Waals surface area contributed by atoms with Crippen LogP contribution in [0.15, 0.2) is 24.4 Å². The molecule has 1 aromatic heterocycles. The summed E-state index contributed by atoms with van der Waals surface area (Å²) in [5.74, 6) is -0.315. The molecule has 0 aliphatic carbocycles. The minimum Gasteiger partial charge on any atom is -0.258 e. The van der Waals surface area contributed by atoms with Crippen molar-refractivity contribution in [3.8, 4) is 0 Å². The molecule has 0 bridgehead atoms. The second-order valence-electron chi connectivity index (χ2n) is 4.59. The number of aryl methyl sites for hydroxylation is 2. The van der Waals surface area contributed by atoms with Gasteiger partial charge in [-0.3, -0.25) is 9.97 Å². The Hall–Kier alpha value is -1.48. The van der Waals surface area contributed by atoms with Crippen molar-refractivity contribution in [1.29, 1.82) is 0 Å². The minimum absolute atomic E-state index is 0.0324. The highest BCUT2D eigenvalue weighted by molar-refractivity contribution is 6.31. The van der Waals surface area contributed by atoms with Crippen molar-refractivity contribution >= 4 is 11.6 Å². The van der Waals surface area contributed by atoms with Crippen LogP contribution < -0.4 is 0 Å². The summed E-state index contributed by atoms with van der Waals surface area (Å²) < 4.78 is 13.4. The lowest BCUT2D eigenvalue weighted by molar-refractivity contribution is 0.621. The number of aromatic nitrogens is 2. The van der Waals surface area contributed by atoms with E-state index < -0.39 is 0 Å². The van der Waals surface area contributed by atoms with Crippen LogP contribution in [0.1, 0.15) is 41.9 Å². The van der Waals surface area contributed by atoms with Crippen LogP contribution in [0.25, 0.3) is 0 Å². The molecule has 1 aromatic carbocycles. The first kappa shape index (κ1) is 13.9. The monoisotopic (exact) mass is 278 g/mol. The topological polar surface area (TPSA) is 25.8 Å². The van der Waals surface area contributed by atoms with Gasteiger partial charge in [0.15, 0.2) is 0 Å². The van der Waals surface area contributed by atoms with Gasteiger partial charge >= 0.3 is 0 Å². The van der Waals surface area contributed by atoms with Crippen LogP contribution in [0.5, 0.6) is 0 Å². The Morgan fingerprint density at radius 1 is 1.26 bits per heavy atom. The molecule has 0 N–H and O–H groups in total. The van der Waals surface area contributed by atoms with E-state index in [1.807, 2.05) is 20.8 Å². The van der Waals surface area contributed by atoms with Gasteiger partial charge in [0.25, 0.3) is 0 Å². The molecule has 0 fully saturated rings. The predicted molar refractivity (Wildman–Crippen MR) is 75.1 cm³/mol. The molecule has 1 atom stereocenters. The van der Waals surface area contributed by atoms with Gasteiger partial charge in [-0.2, -0.15) is 0 Å². The maximum absolute atomic E-state index is 13.4. The first-order valence-electron chi connectivity index (χ1n) is 6.28. The van der Waals surface area contributed by atoms with Gasteiger partial charge < -0.3 is 0 Å². The molecule has 0 spiro atoms. The highest BCUT2D eigenvalue weighted by Crippen LogP contribution is 2.32. The van der Waals surface area contributed by atoms with Gasteiger partial charge in [0, 0.05) is 17.1 Å². The van der Waals surface area contributed by atoms with E-state index in [2.05, 4.69) is 9.97 Å². The Morgan fingerprint density at radius 2 is 2.00 bits per heavy atom. The van der Waals surface area contributed by atoms with Gasteiger partial charge in [0.2, 0.25) is 0 Å². The van der Waals surface area contributed by atoms with Crippen molar-refractivity contribution in [2.75, 3.05) is 0 Å². The predicted octanol–water partition coefficient (Wildman–Crippen LogP) is 4.43. The van der Waals surface area contributed by atoms with Gasteiger partial charge in [-0.25, -0.2) is 4.39 Å². The number of hydrogen-bond donors (Lipinski definition) is 0. The minimum atomic E-state index is -0.283. The summed E-state index contributed by atoms with van der Waals surface area (Å²) in [7, 11) is 0. The molecule has 0 radical (unpaired) electrons. The fourth-order valence-electron chi connectivity index (χ4n) is 2.10. The molecule has 0 amide bonds. The number of hydrogen-bond acceptors (Lipinski definition) is 2. The molecule has 2 nitrogen and oxygen atoms in total. The standard InChI is InChI=1S/C15H16ClFN2/c1-4-12(13-7-11(17)5-6-14(13)16)15-8-18-9(2)10(3)19-15/h5-8,12H,4H2,1-3H3/t12-/m0/s1. The quantitative estimate of drug-likeness (QED) is 0.830. The largest absolute Gasteiger partial charge is 0.258 e. The Labute approximate surface area is 117 Å². The molecule has 2 aromatic rings. The first-order valence-corrected chi connectivity index (χ1v) is 6.65. The lowest BCUT2D eigenvalue weighted by Gasteiger charge is -2.17. The summed E-state index contributed by atoms with van der Waals surface area (Å²) in [5, 5.41) is 0.563. The maximum Gasteiger partial charge on any atom is 0.123 e. The normalized spacial score (nSPS) is 12.5. The van der Waals surface area contributed by atoms with Crippen molar-refractivity contribution in [3.05, 3.63) is 57.9 Å². The second kappa shape index (κ2) is 5.66. The van der Waals surface area contributed by atoms with Crippen LogP contribution in [0.4, 0.5) is 4.39 Å². The zero-order valence-corrected chi connectivity index (χ0v) is 12.0. The third kappa shape index (κ3) is 2.92. The van der Waals surface area contributed by atoms with Crippen molar-refractivity contribution in [2.45, 2.75) is 33.1 Å². The van der Waals surface area contributed by atoms with Crippen molar-refractivity contribution in [1.82, 2.24) is 9.97 Å². The Kier molecular flexibility index (Phi) is 4.15. The maximum atomic E-state index is 13.4. The number of benzene rings is 1. The van der Waals surface area contributed by atoms with Gasteiger partial charge in [-0.05, 0) is 44.0 Å². The average Bonchev–Trinajstić information content (AvgIpc) is 2.38. The van der Waals surface area contributed by atoms with Gasteiger partial charge in [-0.1, -0.05) is 18.5 Å². The second-order valence-corrected chi connectivity index (χ2v) is 5.00. The van der Waals surface area contributed by atoms with Gasteiger partial charge in [0.1, 0.15) is 5.82 Å². The van der Waals surface area contributed by atoms with Crippen LogP contribution in [0.2, 0.25) is 5.02 Å². The molecule has 0 saturated carbocycles. The van der Waals surface area contributed by atoms with Crippen LogP contribution in [0, 0.1) is 19.7 Å². The van der Waals surface area contributed by atoms with Crippen LogP contribution >= 0.6 is 11.6 Å². The van der Waals surface area contributed by atoms with Crippen molar-refractivity contribution in [3.63, 3.8) is 0 Å². The van der Waals surface area contributed by atoms with E-state index in [0.717, 1.165) is 29.1 Å². The van der Waals surface area contributed by atoms with Crippen LogP contribution in [-0.2, 0) is 0 Å². The Morgan fingerprint density at radius 3 is 2.63 bits per heavy atom. The van der Waals surface area contributed by atoms with E-state index in [1.165, 1.54) is 12.1 Å². The van der Waals surface area contributed by atoms with Crippen molar-refractivity contribution in [2.24, 2.45) is 0 Å². The first-order chi connectivity index (χ1) is 9.02. The summed E-state index contributed by atoms with van der Waals surface area (Å²) in [6, 6.07) is 4.43. The molecule has 4 heteroatoms. The van der Waals surface area contributed by atoms with Crippen LogP contribution in [-0.4, -0.2) is 9.97 Å². The van der Waals surface area contributed by atoms with Gasteiger partial charge in [0.05, 0.1) is 17.1 Å². The molecule has 2 rings (SSSR count). The van der Waals surface area contributed by atoms with Crippen molar-refractivity contribution < 1.29 is 4.39 Å². The van der Waals surface area contributed by atoms with Gasteiger partial charge in [-0.15, -0.1) is 0 Å². The average molecular weight is 279 g/mol. The number of rotatable bonds is 3. The highest BCUT2D eigenvalue weighted by Gasteiger charge is 2.18.